The first kappa shape index (κ1) is 12.6. The topological polar surface area (TPSA) is 56.0 Å². The van der Waals surface area contributed by atoms with Crippen LogP contribution in [0.5, 0.6) is 0 Å². The van der Waals surface area contributed by atoms with Gasteiger partial charge in [0.15, 0.2) is 5.78 Å². The number of rotatable bonds is 2. The van der Waals surface area contributed by atoms with E-state index in [1.165, 1.54) is 6.20 Å². The zero-order valence-electron chi connectivity index (χ0n) is 10.5. The Morgan fingerprint density at radius 2 is 1.80 bits per heavy atom. The predicted molar refractivity (Wildman–Crippen MR) is 81.0 cm³/mol. The molecule has 1 aromatic heterocycles. The molecule has 0 amide bonds. The normalized spacial score (nSPS) is 10.7. The van der Waals surface area contributed by atoms with Crippen LogP contribution < -0.4 is 5.73 Å². The predicted octanol–water partition coefficient (Wildman–Crippen LogP) is 3.70. The second kappa shape index (κ2) is 4.94. The molecule has 98 valence electrons. The van der Waals surface area contributed by atoms with Crippen LogP contribution in [0.1, 0.15) is 15.9 Å². The zero-order valence-corrected chi connectivity index (χ0v) is 11.3. The molecule has 2 N–H and O–H groups in total. The van der Waals surface area contributed by atoms with Gasteiger partial charge in [0.25, 0.3) is 0 Å². The van der Waals surface area contributed by atoms with E-state index in [9.17, 15) is 4.79 Å². The Kier molecular flexibility index (Phi) is 3.12. The highest BCUT2D eigenvalue weighted by atomic mass is 35.5. The highest BCUT2D eigenvalue weighted by Crippen LogP contribution is 2.21. The summed E-state index contributed by atoms with van der Waals surface area (Å²) in [5.41, 5.74) is 6.65. The molecule has 0 bridgehead atoms. The lowest BCUT2D eigenvalue weighted by molar-refractivity contribution is 0.103. The average molecular weight is 283 g/mol. The summed E-state index contributed by atoms with van der Waals surface area (Å²) in [6, 6.07) is 14.9. The largest absolute Gasteiger partial charge is 0.383 e. The Morgan fingerprint density at radius 1 is 1.05 bits per heavy atom. The number of benzene rings is 2. The van der Waals surface area contributed by atoms with Crippen LogP contribution in [-0.2, 0) is 0 Å². The van der Waals surface area contributed by atoms with Crippen LogP contribution in [0.25, 0.3) is 10.8 Å². The van der Waals surface area contributed by atoms with E-state index in [1.54, 1.807) is 12.1 Å². The fourth-order valence-corrected chi connectivity index (χ4v) is 2.28. The highest BCUT2D eigenvalue weighted by Gasteiger charge is 2.14. The first-order valence-electron chi connectivity index (χ1n) is 6.09. The van der Waals surface area contributed by atoms with Gasteiger partial charge in [0.05, 0.1) is 10.6 Å². The number of pyridine rings is 1. The molecule has 3 aromatic rings. The molecule has 4 heteroatoms. The molecule has 0 radical (unpaired) electrons. The van der Waals surface area contributed by atoms with Crippen molar-refractivity contribution in [3.05, 3.63) is 70.9 Å². The third-order valence-electron chi connectivity index (χ3n) is 3.14. The number of fused-ring (bicyclic) bond motifs is 1. The Bertz CT molecular complexity index is 814. The van der Waals surface area contributed by atoms with Crippen molar-refractivity contribution in [2.24, 2.45) is 0 Å². The lowest BCUT2D eigenvalue weighted by Gasteiger charge is -2.06. The number of halogens is 1. The lowest BCUT2D eigenvalue weighted by atomic mass is 10.0. The Morgan fingerprint density at radius 3 is 2.60 bits per heavy atom. The standard InChI is InChI=1S/C16H11ClN2O/c17-13-8-14(16(18)19-9-13)15(20)12-6-5-10-3-1-2-4-11(10)7-12/h1-9H,(H2,18,19). The van der Waals surface area contributed by atoms with Gasteiger partial charge in [-0.1, -0.05) is 48.0 Å². The van der Waals surface area contributed by atoms with E-state index in [2.05, 4.69) is 4.98 Å². The van der Waals surface area contributed by atoms with Crippen LogP contribution >= 0.6 is 11.6 Å². The molecule has 0 spiro atoms. The van der Waals surface area contributed by atoms with Crippen LogP contribution in [0.4, 0.5) is 5.82 Å². The van der Waals surface area contributed by atoms with Crippen LogP contribution in [0.3, 0.4) is 0 Å². The minimum Gasteiger partial charge on any atom is -0.383 e. The molecule has 0 saturated heterocycles. The van der Waals surface area contributed by atoms with Gasteiger partial charge in [-0.15, -0.1) is 0 Å². The molecular weight excluding hydrogens is 272 g/mol. The number of aromatic nitrogens is 1. The molecule has 0 atom stereocenters. The number of carbonyl (C=O) groups is 1. The summed E-state index contributed by atoms with van der Waals surface area (Å²) in [7, 11) is 0. The third-order valence-corrected chi connectivity index (χ3v) is 3.35. The smallest absolute Gasteiger partial charge is 0.196 e. The Balaban J connectivity index is 2.10. The van der Waals surface area contributed by atoms with Crippen molar-refractivity contribution in [3.8, 4) is 0 Å². The summed E-state index contributed by atoms with van der Waals surface area (Å²) < 4.78 is 0. The van der Waals surface area contributed by atoms with Gasteiger partial charge in [-0.2, -0.15) is 0 Å². The molecule has 3 rings (SSSR count). The summed E-state index contributed by atoms with van der Waals surface area (Å²) in [5.74, 6) is 0.0100. The number of nitrogen functional groups attached to an aromatic ring is 1. The molecule has 2 aromatic carbocycles. The summed E-state index contributed by atoms with van der Waals surface area (Å²) >= 11 is 5.87. The SMILES string of the molecule is Nc1ncc(Cl)cc1C(=O)c1ccc2ccccc2c1. The number of hydrogen-bond acceptors (Lipinski definition) is 3. The molecule has 0 aliphatic heterocycles. The fourth-order valence-electron chi connectivity index (χ4n) is 2.12. The van der Waals surface area contributed by atoms with Gasteiger partial charge in [0.2, 0.25) is 0 Å². The van der Waals surface area contributed by atoms with Crippen LogP contribution in [0.15, 0.2) is 54.7 Å². The van der Waals surface area contributed by atoms with E-state index in [4.69, 9.17) is 17.3 Å². The van der Waals surface area contributed by atoms with Crippen molar-refractivity contribution < 1.29 is 4.79 Å². The second-order valence-electron chi connectivity index (χ2n) is 4.48. The molecule has 0 saturated carbocycles. The quantitative estimate of drug-likeness (QED) is 0.729. The van der Waals surface area contributed by atoms with E-state index in [0.717, 1.165) is 10.8 Å². The maximum atomic E-state index is 12.5. The molecule has 3 nitrogen and oxygen atoms in total. The number of nitrogens with two attached hydrogens (primary N) is 1. The fraction of sp³-hybridized carbons (Fsp3) is 0. The maximum absolute atomic E-state index is 12.5. The zero-order chi connectivity index (χ0) is 14.1. The molecule has 0 aliphatic carbocycles. The average Bonchev–Trinajstić information content (AvgIpc) is 2.48. The summed E-state index contributed by atoms with van der Waals surface area (Å²) in [5, 5.41) is 2.48. The summed E-state index contributed by atoms with van der Waals surface area (Å²) in [6.07, 6.45) is 1.42. The van der Waals surface area contributed by atoms with Crippen LogP contribution in [-0.4, -0.2) is 10.8 Å². The monoisotopic (exact) mass is 282 g/mol. The number of hydrogen-bond donors (Lipinski definition) is 1. The number of anilines is 1. The van der Waals surface area contributed by atoms with Gasteiger partial charge in [0, 0.05) is 11.8 Å². The van der Waals surface area contributed by atoms with E-state index >= 15 is 0 Å². The Labute approximate surface area is 121 Å². The van der Waals surface area contributed by atoms with E-state index in [1.807, 2.05) is 36.4 Å². The van der Waals surface area contributed by atoms with E-state index in [0.29, 0.717) is 16.1 Å². The second-order valence-corrected chi connectivity index (χ2v) is 4.91. The van der Waals surface area contributed by atoms with Crippen molar-refractivity contribution in [2.45, 2.75) is 0 Å². The third kappa shape index (κ3) is 2.24. The Hall–Kier alpha value is -2.39. The summed E-state index contributed by atoms with van der Waals surface area (Å²) in [4.78, 5) is 16.4. The van der Waals surface area contributed by atoms with Gasteiger partial charge >= 0.3 is 0 Å². The maximum Gasteiger partial charge on any atom is 0.196 e. The molecule has 0 unspecified atom stereocenters. The van der Waals surface area contributed by atoms with Crippen LogP contribution in [0, 0.1) is 0 Å². The first-order valence-corrected chi connectivity index (χ1v) is 6.47. The van der Waals surface area contributed by atoms with E-state index < -0.39 is 0 Å². The molecule has 0 aliphatic rings. The molecule has 20 heavy (non-hydrogen) atoms. The lowest BCUT2D eigenvalue weighted by Crippen LogP contribution is -2.07. The first-order chi connectivity index (χ1) is 9.65. The van der Waals surface area contributed by atoms with Gasteiger partial charge in [0.1, 0.15) is 5.82 Å². The number of carbonyl (C=O) groups excluding carboxylic acids is 1. The van der Waals surface area contributed by atoms with E-state index in [-0.39, 0.29) is 11.6 Å². The van der Waals surface area contributed by atoms with Gasteiger partial charge in [-0.25, -0.2) is 4.98 Å². The summed E-state index contributed by atoms with van der Waals surface area (Å²) in [6.45, 7) is 0. The molecular formula is C16H11ClN2O. The molecule has 0 fully saturated rings. The van der Waals surface area contributed by atoms with Crippen molar-refractivity contribution >= 4 is 34.0 Å². The van der Waals surface area contributed by atoms with Crippen molar-refractivity contribution in [3.63, 3.8) is 0 Å². The highest BCUT2D eigenvalue weighted by molar-refractivity contribution is 6.31. The number of nitrogens with zero attached hydrogens (tertiary/aromatic N) is 1. The van der Waals surface area contributed by atoms with Crippen molar-refractivity contribution in [2.75, 3.05) is 5.73 Å². The van der Waals surface area contributed by atoms with Crippen molar-refractivity contribution in [1.82, 2.24) is 4.98 Å². The minimum atomic E-state index is -0.178. The minimum absolute atomic E-state index is 0.178. The van der Waals surface area contributed by atoms with Gasteiger partial charge in [-0.05, 0) is 22.9 Å². The van der Waals surface area contributed by atoms with Gasteiger partial charge in [-0.3, -0.25) is 4.79 Å². The number of ketones is 1. The molecule has 1 heterocycles. The van der Waals surface area contributed by atoms with Crippen molar-refractivity contribution in [1.29, 1.82) is 0 Å². The van der Waals surface area contributed by atoms with Gasteiger partial charge < -0.3 is 5.73 Å². The van der Waals surface area contributed by atoms with Crippen LogP contribution in [0.2, 0.25) is 5.02 Å².